The molecule has 1 aliphatic heterocycles. The van der Waals surface area contributed by atoms with Gasteiger partial charge < -0.3 is 10.0 Å². The molecule has 15 heavy (non-hydrogen) atoms. The molecule has 0 aromatic carbocycles. The lowest BCUT2D eigenvalue weighted by molar-refractivity contribution is -0.0305. The molecule has 1 fully saturated rings. The van der Waals surface area contributed by atoms with Crippen LogP contribution in [-0.4, -0.2) is 34.0 Å². The van der Waals surface area contributed by atoms with Gasteiger partial charge in [0.25, 0.3) is 0 Å². The SMILES string of the molecule is CC(C)C1(O)CN(c2ccc(Cl)nn2)C1. The third-order valence-electron chi connectivity index (χ3n) is 2.95. The number of hydrogen-bond acceptors (Lipinski definition) is 4. The van der Waals surface area contributed by atoms with Gasteiger partial charge >= 0.3 is 0 Å². The fraction of sp³-hybridized carbons (Fsp3) is 0.600. The normalized spacial score (nSPS) is 19.1. The van der Waals surface area contributed by atoms with E-state index in [-0.39, 0.29) is 5.92 Å². The smallest absolute Gasteiger partial charge is 0.151 e. The van der Waals surface area contributed by atoms with Crippen LogP contribution < -0.4 is 4.90 Å². The Balaban J connectivity index is 2.03. The molecule has 0 radical (unpaired) electrons. The first-order valence-corrected chi connectivity index (χ1v) is 5.35. The number of anilines is 1. The minimum Gasteiger partial charge on any atom is -0.386 e. The number of aliphatic hydroxyl groups is 1. The first-order chi connectivity index (χ1) is 7.01. The Morgan fingerprint density at radius 1 is 1.40 bits per heavy atom. The molecule has 1 aromatic heterocycles. The van der Waals surface area contributed by atoms with E-state index >= 15 is 0 Å². The number of hydrogen-bond donors (Lipinski definition) is 1. The fourth-order valence-corrected chi connectivity index (χ4v) is 1.72. The van der Waals surface area contributed by atoms with Crippen molar-refractivity contribution in [2.45, 2.75) is 19.4 Å². The van der Waals surface area contributed by atoms with Crippen molar-refractivity contribution in [3.8, 4) is 0 Å². The summed E-state index contributed by atoms with van der Waals surface area (Å²) in [4.78, 5) is 1.99. The Morgan fingerprint density at radius 3 is 2.53 bits per heavy atom. The molecule has 0 unspecified atom stereocenters. The van der Waals surface area contributed by atoms with Crippen molar-refractivity contribution in [2.75, 3.05) is 18.0 Å². The van der Waals surface area contributed by atoms with Gasteiger partial charge in [0.2, 0.25) is 0 Å². The van der Waals surface area contributed by atoms with Crippen molar-refractivity contribution in [3.63, 3.8) is 0 Å². The molecule has 0 aliphatic carbocycles. The molecule has 2 heterocycles. The van der Waals surface area contributed by atoms with E-state index in [9.17, 15) is 5.11 Å². The summed E-state index contributed by atoms with van der Waals surface area (Å²) in [5.74, 6) is 1.03. The lowest BCUT2D eigenvalue weighted by Gasteiger charge is -2.49. The van der Waals surface area contributed by atoms with E-state index in [1.54, 1.807) is 6.07 Å². The van der Waals surface area contributed by atoms with Crippen molar-refractivity contribution in [1.82, 2.24) is 10.2 Å². The molecule has 0 saturated carbocycles. The quantitative estimate of drug-likeness (QED) is 0.829. The maximum atomic E-state index is 10.1. The third-order valence-corrected chi connectivity index (χ3v) is 3.15. The summed E-state index contributed by atoms with van der Waals surface area (Å²) >= 11 is 5.64. The topological polar surface area (TPSA) is 49.2 Å². The molecule has 0 bridgehead atoms. The first kappa shape index (κ1) is 10.6. The third kappa shape index (κ3) is 1.92. The van der Waals surface area contributed by atoms with Gasteiger partial charge in [-0.15, -0.1) is 10.2 Å². The second-order valence-electron chi connectivity index (χ2n) is 4.33. The number of β-amino-alcohol motifs (C(OH)–C–C–N with tert-alkyl or cyclic N) is 1. The summed E-state index contributed by atoms with van der Waals surface area (Å²) < 4.78 is 0. The number of rotatable bonds is 2. The van der Waals surface area contributed by atoms with E-state index in [1.165, 1.54) is 0 Å². The van der Waals surface area contributed by atoms with Gasteiger partial charge in [0.05, 0.1) is 13.1 Å². The molecule has 0 spiro atoms. The molecule has 2 rings (SSSR count). The molecular weight excluding hydrogens is 214 g/mol. The Bertz CT molecular complexity index is 346. The van der Waals surface area contributed by atoms with Crippen molar-refractivity contribution >= 4 is 17.4 Å². The van der Waals surface area contributed by atoms with Gasteiger partial charge in [0.15, 0.2) is 11.0 Å². The van der Waals surface area contributed by atoms with Crippen molar-refractivity contribution in [1.29, 1.82) is 0 Å². The van der Waals surface area contributed by atoms with Crippen LogP contribution in [0.5, 0.6) is 0 Å². The second-order valence-corrected chi connectivity index (χ2v) is 4.72. The largest absolute Gasteiger partial charge is 0.386 e. The molecule has 1 aliphatic rings. The highest BCUT2D eigenvalue weighted by Crippen LogP contribution is 2.31. The summed E-state index contributed by atoms with van der Waals surface area (Å²) in [6.45, 7) is 5.26. The van der Waals surface area contributed by atoms with Crippen LogP contribution in [-0.2, 0) is 0 Å². The van der Waals surface area contributed by atoms with E-state index in [4.69, 9.17) is 11.6 Å². The highest BCUT2D eigenvalue weighted by molar-refractivity contribution is 6.29. The van der Waals surface area contributed by atoms with Gasteiger partial charge in [-0.3, -0.25) is 0 Å². The molecule has 4 nitrogen and oxygen atoms in total. The molecule has 82 valence electrons. The van der Waals surface area contributed by atoms with Crippen molar-refractivity contribution in [2.24, 2.45) is 5.92 Å². The average molecular weight is 228 g/mol. The standard InChI is InChI=1S/C10H14ClN3O/c1-7(2)10(15)5-14(6-10)9-4-3-8(11)12-13-9/h3-4,7,15H,5-6H2,1-2H3. The van der Waals surface area contributed by atoms with E-state index in [0.29, 0.717) is 18.2 Å². The van der Waals surface area contributed by atoms with Gasteiger partial charge in [-0.05, 0) is 18.1 Å². The Kier molecular flexibility index (Phi) is 2.56. The van der Waals surface area contributed by atoms with Crippen LogP contribution in [0.15, 0.2) is 12.1 Å². The second kappa shape index (κ2) is 3.61. The average Bonchev–Trinajstić information content (AvgIpc) is 2.14. The summed E-state index contributed by atoms with van der Waals surface area (Å²) in [7, 11) is 0. The maximum absolute atomic E-state index is 10.1. The molecule has 1 saturated heterocycles. The van der Waals surface area contributed by atoms with E-state index in [2.05, 4.69) is 10.2 Å². The van der Waals surface area contributed by atoms with Crippen LogP contribution in [0.2, 0.25) is 5.15 Å². The number of nitrogens with zero attached hydrogens (tertiary/aromatic N) is 3. The van der Waals surface area contributed by atoms with E-state index in [0.717, 1.165) is 5.82 Å². The molecule has 0 amide bonds. The fourth-order valence-electron chi connectivity index (χ4n) is 1.62. The van der Waals surface area contributed by atoms with Crippen LogP contribution >= 0.6 is 11.6 Å². The van der Waals surface area contributed by atoms with E-state index < -0.39 is 5.60 Å². The Labute approximate surface area is 93.9 Å². The van der Waals surface area contributed by atoms with Crippen LogP contribution in [0.3, 0.4) is 0 Å². The van der Waals surface area contributed by atoms with Gasteiger partial charge in [0.1, 0.15) is 5.60 Å². The Morgan fingerprint density at radius 2 is 2.07 bits per heavy atom. The van der Waals surface area contributed by atoms with Crippen molar-refractivity contribution < 1.29 is 5.11 Å². The van der Waals surface area contributed by atoms with Gasteiger partial charge in [0, 0.05) is 0 Å². The zero-order valence-electron chi connectivity index (χ0n) is 8.81. The molecule has 1 aromatic rings. The predicted octanol–water partition coefficient (Wildman–Crippen LogP) is 1.34. The minimum atomic E-state index is -0.582. The molecular formula is C10H14ClN3O. The monoisotopic (exact) mass is 227 g/mol. The van der Waals surface area contributed by atoms with Gasteiger partial charge in [-0.1, -0.05) is 25.4 Å². The predicted molar refractivity (Wildman–Crippen MR) is 59.0 cm³/mol. The van der Waals surface area contributed by atoms with Gasteiger partial charge in [-0.2, -0.15) is 0 Å². The highest BCUT2D eigenvalue weighted by Gasteiger charge is 2.44. The summed E-state index contributed by atoms with van der Waals surface area (Å²) in [5, 5.41) is 18.2. The molecule has 1 N–H and O–H groups in total. The zero-order valence-corrected chi connectivity index (χ0v) is 9.57. The van der Waals surface area contributed by atoms with E-state index in [1.807, 2.05) is 24.8 Å². The highest BCUT2D eigenvalue weighted by atomic mass is 35.5. The lowest BCUT2D eigenvalue weighted by atomic mass is 9.83. The summed E-state index contributed by atoms with van der Waals surface area (Å²) in [5.41, 5.74) is -0.582. The summed E-state index contributed by atoms with van der Waals surface area (Å²) in [6, 6.07) is 3.52. The Hall–Kier alpha value is -0.870. The first-order valence-electron chi connectivity index (χ1n) is 4.98. The number of aromatic nitrogens is 2. The van der Waals surface area contributed by atoms with Crippen LogP contribution in [0.4, 0.5) is 5.82 Å². The van der Waals surface area contributed by atoms with Crippen molar-refractivity contribution in [3.05, 3.63) is 17.3 Å². The van der Waals surface area contributed by atoms with Gasteiger partial charge in [-0.25, -0.2) is 0 Å². The number of halogens is 1. The van der Waals surface area contributed by atoms with Crippen LogP contribution in [0.1, 0.15) is 13.8 Å². The van der Waals surface area contributed by atoms with Crippen LogP contribution in [0.25, 0.3) is 0 Å². The minimum absolute atomic E-state index is 0.258. The maximum Gasteiger partial charge on any atom is 0.151 e. The zero-order chi connectivity index (χ0) is 11.1. The molecule has 0 atom stereocenters. The molecule has 5 heteroatoms. The summed E-state index contributed by atoms with van der Waals surface area (Å²) in [6.07, 6.45) is 0. The lowest BCUT2D eigenvalue weighted by Crippen LogP contribution is -2.65. The van der Waals surface area contributed by atoms with Crippen LogP contribution in [0, 0.1) is 5.92 Å².